The Morgan fingerprint density at radius 1 is 1.18 bits per heavy atom. The molecule has 11 heavy (non-hydrogen) atoms. The van der Waals surface area contributed by atoms with Crippen LogP contribution in [0.25, 0.3) is 0 Å². The number of ketones is 2. The van der Waals surface area contributed by atoms with Crippen LogP contribution in [-0.2, 0) is 9.59 Å². The minimum Gasteiger partial charge on any atom is -0.300 e. The summed E-state index contributed by atoms with van der Waals surface area (Å²) in [4.78, 5) is 21.5. The fraction of sp³-hybridized carbons (Fsp3) is 0.750. The van der Waals surface area contributed by atoms with Gasteiger partial charge in [-0.2, -0.15) is 0 Å². The first kappa shape index (κ1) is 13.5. The summed E-state index contributed by atoms with van der Waals surface area (Å²) in [5.41, 5.74) is -0.369. The molecule has 0 atom stereocenters. The molecule has 0 radical (unpaired) electrons. The molecule has 0 unspecified atom stereocenters. The van der Waals surface area contributed by atoms with Crippen LogP contribution in [0.1, 0.15) is 34.1 Å². The van der Waals surface area contributed by atoms with Gasteiger partial charge in [0, 0.05) is 5.41 Å². The first-order valence-electron chi connectivity index (χ1n) is 3.37. The van der Waals surface area contributed by atoms with E-state index in [0.29, 0.717) is 0 Å². The van der Waals surface area contributed by atoms with Crippen molar-refractivity contribution in [2.24, 2.45) is 5.41 Å². The van der Waals surface area contributed by atoms with Crippen LogP contribution in [0.3, 0.4) is 0 Å². The Morgan fingerprint density at radius 3 is 1.64 bits per heavy atom. The molecule has 0 spiro atoms. The van der Waals surface area contributed by atoms with Crippen molar-refractivity contribution in [3.63, 3.8) is 0 Å². The summed E-state index contributed by atoms with van der Waals surface area (Å²) in [6, 6.07) is 0. The van der Waals surface area contributed by atoms with Gasteiger partial charge in [0.05, 0.1) is 6.42 Å². The lowest BCUT2D eigenvalue weighted by molar-refractivity contribution is -0.130. The van der Waals surface area contributed by atoms with E-state index in [-0.39, 0.29) is 40.8 Å². The maximum Gasteiger partial charge on any atom is 0.187 e. The Kier molecular flexibility index (Phi) is 5.74. The monoisotopic (exact) mass is 172 g/mol. The third-order valence-electron chi connectivity index (χ3n) is 1.25. The highest BCUT2D eigenvalue weighted by Gasteiger charge is 2.21. The molecular weight excluding hydrogens is 155 g/mol. The van der Waals surface area contributed by atoms with E-state index in [9.17, 15) is 9.59 Å². The molecule has 0 fully saturated rings. The quantitative estimate of drug-likeness (QED) is 0.446. The summed E-state index contributed by atoms with van der Waals surface area (Å²) in [7, 11) is 0. The molecule has 0 amide bonds. The highest BCUT2D eigenvalue weighted by molar-refractivity contribution is 6.00. The Bertz CT molecular complexity index is 156. The molecule has 0 aliphatic carbocycles. The molecular formula is C8H17AlO2. The second kappa shape index (κ2) is 4.69. The molecule has 0 saturated carbocycles. The van der Waals surface area contributed by atoms with Crippen LogP contribution in [0.2, 0.25) is 0 Å². The van der Waals surface area contributed by atoms with Crippen molar-refractivity contribution in [1.29, 1.82) is 0 Å². The van der Waals surface area contributed by atoms with Crippen molar-refractivity contribution in [2.45, 2.75) is 34.1 Å². The standard InChI is InChI=1S/C8H14O2.Al.3H/c1-6(9)5-7(10)8(2,3)4;;;;/h5H2,1-4H3;;;;. The number of hydrogen-bond donors (Lipinski definition) is 0. The fourth-order valence-corrected chi connectivity index (χ4v) is 0.491. The maximum absolute atomic E-state index is 11.1. The molecule has 0 aromatic rings. The van der Waals surface area contributed by atoms with Crippen molar-refractivity contribution in [3.05, 3.63) is 0 Å². The van der Waals surface area contributed by atoms with Gasteiger partial charge in [0.25, 0.3) is 0 Å². The topological polar surface area (TPSA) is 34.1 Å². The predicted octanol–water partition coefficient (Wildman–Crippen LogP) is 0.397. The minimum atomic E-state index is -0.369. The normalized spacial score (nSPS) is 10.2. The second-order valence-corrected chi connectivity index (χ2v) is 3.55. The van der Waals surface area contributed by atoms with Crippen molar-refractivity contribution < 1.29 is 9.59 Å². The highest BCUT2D eigenvalue weighted by atomic mass is 27.0. The van der Waals surface area contributed by atoms with Crippen molar-refractivity contribution in [1.82, 2.24) is 0 Å². The molecule has 0 N–H and O–H groups in total. The van der Waals surface area contributed by atoms with E-state index < -0.39 is 0 Å². The number of carbonyl (C=O) groups excluding carboxylic acids is 2. The number of Topliss-reactive ketones (excluding diaryl/α,β-unsaturated/α-hetero) is 2. The van der Waals surface area contributed by atoms with E-state index >= 15 is 0 Å². The average Bonchev–Trinajstić information content (AvgIpc) is 1.60. The smallest absolute Gasteiger partial charge is 0.187 e. The number of carbonyl (C=O) groups is 2. The van der Waals surface area contributed by atoms with E-state index in [1.54, 1.807) is 0 Å². The molecule has 0 aromatic carbocycles. The zero-order valence-electron chi connectivity index (χ0n) is 7.02. The first-order valence-corrected chi connectivity index (χ1v) is 3.37. The second-order valence-electron chi connectivity index (χ2n) is 3.55. The van der Waals surface area contributed by atoms with Crippen LogP contribution in [0.5, 0.6) is 0 Å². The lowest BCUT2D eigenvalue weighted by Crippen LogP contribution is -2.21. The van der Waals surface area contributed by atoms with E-state index in [1.807, 2.05) is 20.8 Å². The van der Waals surface area contributed by atoms with E-state index in [2.05, 4.69) is 0 Å². The SMILES string of the molecule is CC(=O)CC(=O)C(C)(C)C.[AlH3]. The van der Waals surface area contributed by atoms with Crippen LogP contribution >= 0.6 is 0 Å². The minimum absolute atomic E-state index is 0. The van der Waals surface area contributed by atoms with Crippen LogP contribution < -0.4 is 0 Å². The lowest BCUT2D eigenvalue weighted by Gasteiger charge is -2.14. The van der Waals surface area contributed by atoms with E-state index in [1.165, 1.54) is 6.92 Å². The molecule has 3 heteroatoms. The van der Waals surface area contributed by atoms with Gasteiger partial charge in [-0.1, -0.05) is 20.8 Å². The predicted molar refractivity (Wildman–Crippen MR) is 49.7 cm³/mol. The highest BCUT2D eigenvalue weighted by Crippen LogP contribution is 2.16. The Hall–Kier alpha value is -0.128. The van der Waals surface area contributed by atoms with Crippen LogP contribution in [-0.4, -0.2) is 28.9 Å². The van der Waals surface area contributed by atoms with Crippen LogP contribution in [0.15, 0.2) is 0 Å². The van der Waals surface area contributed by atoms with Gasteiger partial charge in [0.2, 0.25) is 0 Å². The summed E-state index contributed by atoms with van der Waals surface area (Å²) in [5.74, 6) is -0.0417. The summed E-state index contributed by atoms with van der Waals surface area (Å²) in [6.45, 7) is 6.89. The third-order valence-corrected chi connectivity index (χ3v) is 1.25. The van der Waals surface area contributed by atoms with Crippen LogP contribution in [0.4, 0.5) is 0 Å². The fourth-order valence-electron chi connectivity index (χ4n) is 0.491. The first-order chi connectivity index (χ1) is 4.34. The van der Waals surface area contributed by atoms with Gasteiger partial charge in [0.15, 0.2) is 17.4 Å². The molecule has 64 valence electrons. The van der Waals surface area contributed by atoms with Crippen molar-refractivity contribution in [3.8, 4) is 0 Å². The van der Waals surface area contributed by atoms with E-state index in [4.69, 9.17) is 0 Å². The van der Waals surface area contributed by atoms with Gasteiger partial charge < -0.3 is 0 Å². The molecule has 0 saturated heterocycles. The van der Waals surface area contributed by atoms with Crippen LogP contribution in [0, 0.1) is 5.41 Å². The molecule has 0 aliphatic rings. The van der Waals surface area contributed by atoms with Gasteiger partial charge in [-0.15, -0.1) is 0 Å². The largest absolute Gasteiger partial charge is 0.300 e. The Balaban J connectivity index is 0. The summed E-state index contributed by atoms with van der Waals surface area (Å²) < 4.78 is 0. The molecule has 0 aliphatic heterocycles. The molecule has 2 nitrogen and oxygen atoms in total. The lowest BCUT2D eigenvalue weighted by atomic mass is 9.88. The zero-order chi connectivity index (χ0) is 8.36. The Labute approximate surface area is 78.5 Å². The summed E-state index contributed by atoms with van der Waals surface area (Å²) in [6.07, 6.45) is 0.0729. The van der Waals surface area contributed by atoms with Gasteiger partial charge in [0.1, 0.15) is 11.6 Å². The molecule has 0 rings (SSSR count). The zero-order valence-corrected chi connectivity index (χ0v) is 7.02. The van der Waals surface area contributed by atoms with E-state index in [0.717, 1.165) is 0 Å². The Morgan fingerprint density at radius 2 is 1.55 bits per heavy atom. The number of hydrogen-bond acceptors (Lipinski definition) is 2. The van der Waals surface area contributed by atoms with Crippen molar-refractivity contribution in [2.75, 3.05) is 0 Å². The van der Waals surface area contributed by atoms with Gasteiger partial charge in [-0.05, 0) is 6.92 Å². The molecule has 0 bridgehead atoms. The summed E-state index contributed by atoms with van der Waals surface area (Å²) >= 11 is 0. The van der Waals surface area contributed by atoms with Gasteiger partial charge >= 0.3 is 0 Å². The van der Waals surface area contributed by atoms with Crippen molar-refractivity contribution >= 4 is 28.9 Å². The van der Waals surface area contributed by atoms with Gasteiger partial charge in [-0.25, -0.2) is 0 Å². The maximum atomic E-state index is 11.1. The molecule has 0 heterocycles. The average molecular weight is 172 g/mol. The third kappa shape index (κ3) is 6.28. The molecule has 0 aromatic heterocycles. The van der Waals surface area contributed by atoms with Gasteiger partial charge in [-0.3, -0.25) is 9.59 Å². The number of rotatable bonds is 2. The summed E-state index contributed by atoms with van der Waals surface area (Å²) in [5, 5.41) is 0.